The molecule has 2 rings (SSSR count). The van der Waals surface area contributed by atoms with Crippen molar-refractivity contribution in [1.29, 1.82) is 0 Å². The lowest BCUT2D eigenvalue weighted by molar-refractivity contribution is -0.117. The van der Waals surface area contributed by atoms with Crippen LogP contribution in [-0.2, 0) is 4.79 Å². The zero-order chi connectivity index (χ0) is 11.5. The predicted molar refractivity (Wildman–Crippen MR) is 60.6 cm³/mol. The third kappa shape index (κ3) is 2.45. The minimum Gasteiger partial charge on any atom is -0.342 e. The van der Waals surface area contributed by atoms with Crippen LogP contribution in [0.5, 0.6) is 0 Å². The molecular weight excluding hydrogens is 202 g/mol. The Morgan fingerprint density at radius 3 is 3.00 bits per heavy atom. The summed E-state index contributed by atoms with van der Waals surface area (Å²) >= 11 is 0. The highest BCUT2D eigenvalue weighted by atomic mass is 16.1. The van der Waals surface area contributed by atoms with Gasteiger partial charge in [0, 0.05) is 11.9 Å². The highest BCUT2D eigenvalue weighted by Crippen LogP contribution is 2.39. The van der Waals surface area contributed by atoms with Crippen LogP contribution in [0.15, 0.2) is 24.9 Å². The van der Waals surface area contributed by atoms with Crippen molar-refractivity contribution in [1.82, 2.24) is 15.3 Å². The lowest BCUT2D eigenvalue weighted by atomic mass is 10.1. The molecule has 1 unspecified atom stereocenters. The van der Waals surface area contributed by atoms with Crippen LogP contribution in [0.2, 0.25) is 0 Å². The molecule has 0 radical (unpaired) electrons. The van der Waals surface area contributed by atoms with E-state index in [0.717, 1.165) is 18.5 Å². The molecular formula is C12H15N3O. The predicted octanol–water partition coefficient (Wildman–Crippen LogP) is 1.54. The Morgan fingerprint density at radius 2 is 2.44 bits per heavy atom. The fourth-order valence-corrected chi connectivity index (χ4v) is 1.65. The Morgan fingerprint density at radius 1 is 1.69 bits per heavy atom. The summed E-state index contributed by atoms with van der Waals surface area (Å²) in [5.41, 5.74) is 0.920. The maximum atomic E-state index is 11.3. The monoisotopic (exact) mass is 217 g/mol. The third-order valence-electron chi connectivity index (χ3n) is 2.67. The molecule has 4 heteroatoms. The van der Waals surface area contributed by atoms with Crippen LogP contribution in [-0.4, -0.2) is 15.9 Å². The average molecular weight is 217 g/mol. The maximum absolute atomic E-state index is 11.3. The summed E-state index contributed by atoms with van der Waals surface area (Å²) in [6, 6.07) is 1.79. The van der Waals surface area contributed by atoms with E-state index in [4.69, 9.17) is 0 Å². The molecule has 1 aliphatic rings. The van der Waals surface area contributed by atoms with E-state index in [1.54, 1.807) is 6.20 Å². The first kappa shape index (κ1) is 10.8. The number of amides is 1. The van der Waals surface area contributed by atoms with Gasteiger partial charge < -0.3 is 5.32 Å². The molecule has 84 valence electrons. The van der Waals surface area contributed by atoms with E-state index in [1.165, 1.54) is 6.08 Å². The van der Waals surface area contributed by atoms with Crippen LogP contribution in [0.25, 0.3) is 0 Å². The molecule has 1 saturated carbocycles. The van der Waals surface area contributed by atoms with Gasteiger partial charge in [-0.2, -0.15) is 0 Å². The Kier molecular flexibility index (Phi) is 2.99. The second-order valence-corrected chi connectivity index (χ2v) is 4.08. The molecule has 1 atom stereocenters. The molecule has 1 N–H and O–H groups in total. The summed E-state index contributed by atoms with van der Waals surface area (Å²) in [7, 11) is 0. The van der Waals surface area contributed by atoms with Crippen LogP contribution in [0.3, 0.4) is 0 Å². The number of rotatable bonds is 4. The van der Waals surface area contributed by atoms with E-state index in [9.17, 15) is 4.79 Å². The summed E-state index contributed by atoms with van der Waals surface area (Å²) < 4.78 is 0. The van der Waals surface area contributed by atoms with Crippen molar-refractivity contribution < 1.29 is 4.79 Å². The Bertz CT molecular complexity index is 412. The van der Waals surface area contributed by atoms with Crippen molar-refractivity contribution in [2.75, 3.05) is 0 Å². The number of aryl methyl sites for hydroxylation is 1. The van der Waals surface area contributed by atoms with E-state index in [-0.39, 0.29) is 11.9 Å². The maximum Gasteiger partial charge on any atom is 0.243 e. The molecule has 0 aliphatic heterocycles. The summed E-state index contributed by atoms with van der Waals surface area (Å²) in [5.74, 6) is 1.02. The lowest BCUT2D eigenvalue weighted by Gasteiger charge is -2.15. The van der Waals surface area contributed by atoms with Crippen molar-refractivity contribution >= 4 is 5.91 Å². The third-order valence-corrected chi connectivity index (χ3v) is 2.67. The van der Waals surface area contributed by atoms with Gasteiger partial charge in [0.15, 0.2) is 5.82 Å². The first-order valence-corrected chi connectivity index (χ1v) is 5.43. The molecule has 0 saturated heterocycles. The lowest BCUT2D eigenvalue weighted by Crippen LogP contribution is -2.29. The number of carbonyl (C=O) groups excluding carboxylic acids is 1. The molecule has 4 nitrogen and oxygen atoms in total. The first-order valence-electron chi connectivity index (χ1n) is 5.43. The molecule has 0 aromatic carbocycles. The summed E-state index contributed by atoms with van der Waals surface area (Å²) in [4.78, 5) is 19.9. The van der Waals surface area contributed by atoms with Gasteiger partial charge in [-0.3, -0.25) is 4.79 Å². The quantitative estimate of drug-likeness (QED) is 0.778. The normalized spacial score (nSPS) is 16.6. The molecule has 1 aromatic rings. The Hall–Kier alpha value is -1.71. The van der Waals surface area contributed by atoms with Crippen LogP contribution in [0.1, 0.15) is 30.4 Å². The fourth-order valence-electron chi connectivity index (χ4n) is 1.65. The van der Waals surface area contributed by atoms with Crippen LogP contribution < -0.4 is 5.32 Å². The fraction of sp³-hybridized carbons (Fsp3) is 0.417. The smallest absolute Gasteiger partial charge is 0.243 e. The Labute approximate surface area is 94.8 Å². The summed E-state index contributed by atoms with van der Waals surface area (Å²) in [6.07, 6.45) is 5.26. The van der Waals surface area contributed by atoms with Gasteiger partial charge in [-0.25, -0.2) is 9.97 Å². The van der Waals surface area contributed by atoms with Gasteiger partial charge in [0.1, 0.15) is 0 Å². The summed E-state index contributed by atoms with van der Waals surface area (Å²) in [6.45, 7) is 5.37. The Balaban J connectivity index is 2.18. The molecule has 0 spiro atoms. The van der Waals surface area contributed by atoms with E-state index in [2.05, 4.69) is 21.9 Å². The van der Waals surface area contributed by atoms with E-state index in [0.29, 0.717) is 11.7 Å². The molecule has 16 heavy (non-hydrogen) atoms. The number of nitrogens with zero attached hydrogens (tertiary/aromatic N) is 2. The minimum atomic E-state index is -0.165. The van der Waals surface area contributed by atoms with Crippen LogP contribution in [0, 0.1) is 12.8 Å². The second-order valence-electron chi connectivity index (χ2n) is 4.08. The van der Waals surface area contributed by atoms with Gasteiger partial charge >= 0.3 is 0 Å². The van der Waals surface area contributed by atoms with Crippen molar-refractivity contribution in [2.45, 2.75) is 25.8 Å². The second kappa shape index (κ2) is 4.43. The van der Waals surface area contributed by atoms with E-state index < -0.39 is 0 Å². The molecule has 1 aromatic heterocycles. The van der Waals surface area contributed by atoms with Crippen LogP contribution in [0.4, 0.5) is 0 Å². The van der Waals surface area contributed by atoms with Gasteiger partial charge in [0.2, 0.25) is 5.91 Å². The molecule has 0 bridgehead atoms. The largest absolute Gasteiger partial charge is 0.342 e. The van der Waals surface area contributed by atoms with Gasteiger partial charge in [-0.05, 0) is 37.8 Å². The SMILES string of the molecule is C=CC(=O)NC(c1nccc(C)n1)C1CC1. The number of carbonyl (C=O) groups is 1. The molecule has 1 heterocycles. The molecule has 1 aliphatic carbocycles. The van der Waals surface area contributed by atoms with E-state index >= 15 is 0 Å². The molecule has 1 amide bonds. The van der Waals surface area contributed by atoms with Gasteiger partial charge in [0.25, 0.3) is 0 Å². The van der Waals surface area contributed by atoms with Gasteiger partial charge in [-0.1, -0.05) is 6.58 Å². The first-order chi connectivity index (χ1) is 7.70. The van der Waals surface area contributed by atoms with Gasteiger partial charge in [-0.15, -0.1) is 0 Å². The standard InChI is InChI=1S/C12H15N3O/c1-3-10(16)15-11(9-4-5-9)12-13-7-6-8(2)14-12/h3,6-7,9,11H,1,4-5H2,2H3,(H,15,16). The number of aromatic nitrogens is 2. The number of hydrogen-bond donors (Lipinski definition) is 1. The highest BCUT2D eigenvalue weighted by Gasteiger charge is 2.34. The zero-order valence-electron chi connectivity index (χ0n) is 9.31. The van der Waals surface area contributed by atoms with Crippen molar-refractivity contribution in [3.05, 3.63) is 36.4 Å². The zero-order valence-corrected chi connectivity index (χ0v) is 9.31. The van der Waals surface area contributed by atoms with Gasteiger partial charge in [0.05, 0.1) is 6.04 Å². The number of nitrogens with one attached hydrogen (secondary N) is 1. The highest BCUT2D eigenvalue weighted by molar-refractivity contribution is 5.87. The van der Waals surface area contributed by atoms with E-state index in [1.807, 2.05) is 13.0 Å². The van der Waals surface area contributed by atoms with Crippen molar-refractivity contribution in [3.8, 4) is 0 Å². The van der Waals surface area contributed by atoms with Crippen molar-refractivity contribution in [3.63, 3.8) is 0 Å². The average Bonchev–Trinajstić information content (AvgIpc) is 3.09. The number of hydrogen-bond acceptors (Lipinski definition) is 3. The van der Waals surface area contributed by atoms with Crippen LogP contribution >= 0.6 is 0 Å². The minimum absolute atomic E-state index is 0.0644. The van der Waals surface area contributed by atoms with Crippen molar-refractivity contribution in [2.24, 2.45) is 5.92 Å². The molecule has 1 fully saturated rings. The topological polar surface area (TPSA) is 54.9 Å². The summed E-state index contributed by atoms with van der Waals surface area (Å²) in [5, 5.41) is 2.89.